The van der Waals surface area contributed by atoms with Crippen LogP contribution in [0.25, 0.3) is 0 Å². The van der Waals surface area contributed by atoms with E-state index in [2.05, 4.69) is 78.6 Å². The van der Waals surface area contributed by atoms with E-state index in [-0.39, 0.29) is 18.2 Å². The monoisotopic (exact) mass is 421 g/mol. The van der Waals surface area contributed by atoms with Crippen molar-refractivity contribution in [1.82, 2.24) is 4.90 Å². The minimum atomic E-state index is 0.0822. The number of ether oxygens (including phenoxy) is 1. The first-order valence-electron chi connectivity index (χ1n) is 10.2. The number of benzene rings is 3. The van der Waals surface area contributed by atoms with E-state index < -0.39 is 0 Å². The normalized spacial score (nSPS) is 24.4. The standard InChI is InChI=1S/C25H24ClNOS/c1-17-25(18-7-3-2-4-8-18)28-14-13-27(17)22-15-19-9-5-6-10-23(19)29-24-12-11-20(26)16-21(22)24/h2-12,16-17,22,25H,13-15H2,1H3/t17-,22+,25-/m0/s1. The lowest BCUT2D eigenvalue weighted by atomic mass is 9.92. The van der Waals surface area contributed by atoms with Crippen LogP contribution in [-0.4, -0.2) is 24.1 Å². The molecule has 2 nitrogen and oxygen atoms in total. The van der Waals surface area contributed by atoms with E-state index in [1.54, 1.807) is 0 Å². The molecule has 3 aromatic carbocycles. The molecule has 29 heavy (non-hydrogen) atoms. The lowest BCUT2D eigenvalue weighted by molar-refractivity contribution is -0.0837. The van der Waals surface area contributed by atoms with Gasteiger partial charge in [0.25, 0.3) is 0 Å². The Labute approximate surface area is 181 Å². The van der Waals surface area contributed by atoms with Crippen molar-refractivity contribution in [1.29, 1.82) is 0 Å². The van der Waals surface area contributed by atoms with Gasteiger partial charge in [0, 0.05) is 33.4 Å². The van der Waals surface area contributed by atoms with Gasteiger partial charge < -0.3 is 4.74 Å². The summed E-state index contributed by atoms with van der Waals surface area (Å²) < 4.78 is 6.24. The Morgan fingerprint density at radius 3 is 2.62 bits per heavy atom. The first-order valence-corrected chi connectivity index (χ1v) is 11.4. The highest BCUT2D eigenvalue weighted by Gasteiger charge is 2.37. The molecule has 0 aromatic heterocycles. The van der Waals surface area contributed by atoms with Crippen molar-refractivity contribution in [3.8, 4) is 0 Å². The Kier molecular flexibility index (Phi) is 5.40. The number of nitrogens with zero attached hydrogens (tertiary/aromatic N) is 1. The minimum Gasteiger partial charge on any atom is -0.371 e. The zero-order valence-corrected chi connectivity index (χ0v) is 18.0. The van der Waals surface area contributed by atoms with Gasteiger partial charge in [-0.05, 0) is 54.3 Å². The predicted molar refractivity (Wildman–Crippen MR) is 120 cm³/mol. The number of rotatable bonds is 2. The van der Waals surface area contributed by atoms with Gasteiger partial charge in [-0.3, -0.25) is 4.90 Å². The van der Waals surface area contributed by atoms with Gasteiger partial charge in [0.2, 0.25) is 0 Å². The zero-order valence-electron chi connectivity index (χ0n) is 16.4. The second-order valence-corrected chi connectivity index (χ2v) is 9.31. The molecule has 148 valence electrons. The molecular formula is C25H24ClNOS. The molecule has 0 saturated carbocycles. The maximum atomic E-state index is 6.45. The van der Waals surface area contributed by atoms with E-state index in [1.807, 2.05) is 17.8 Å². The van der Waals surface area contributed by atoms with Gasteiger partial charge in [0.05, 0.1) is 12.7 Å². The molecule has 0 amide bonds. The van der Waals surface area contributed by atoms with E-state index >= 15 is 0 Å². The van der Waals surface area contributed by atoms with E-state index in [4.69, 9.17) is 16.3 Å². The quantitative estimate of drug-likeness (QED) is 0.465. The van der Waals surface area contributed by atoms with E-state index in [0.29, 0.717) is 0 Å². The maximum absolute atomic E-state index is 6.45. The Morgan fingerprint density at radius 2 is 1.76 bits per heavy atom. The lowest BCUT2D eigenvalue weighted by Gasteiger charge is -2.44. The summed E-state index contributed by atoms with van der Waals surface area (Å²) in [6.45, 7) is 3.96. The number of hydrogen-bond acceptors (Lipinski definition) is 3. The van der Waals surface area contributed by atoms with Crippen molar-refractivity contribution < 1.29 is 4.74 Å². The Hall–Kier alpha value is -1.78. The Balaban J connectivity index is 1.56. The molecule has 4 heteroatoms. The van der Waals surface area contributed by atoms with Crippen LogP contribution in [0, 0.1) is 0 Å². The summed E-state index contributed by atoms with van der Waals surface area (Å²) in [5.41, 5.74) is 3.99. The maximum Gasteiger partial charge on any atom is 0.0978 e. The first kappa shape index (κ1) is 19.2. The average molecular weight is 422 g/mol. The molecule has 3 aromatic rings. The van der Waals surface area contributed by atoms with Gasteiger partial charge in [-0.2, -0.15) is 0 Å². The van der Waals surface area contributed by atoms with Crippen molar-refractivity contribution in [2.24, 2.45) is 0 Å². The lowest BCUT2D eigenvalue weighted by Crippen LogP contribution is -2.47. The van der Waals surface area contributed by atoms with Gasteiger partial charge in [0.1, 0.15) is 0 Å². The molecule has 2 heterocycles. The van der Waals surface area contributed by atoms with Crippen molar-refractivity contribution in [3.63, 3.8) is 0 Å². The predicted octanol–water partition coefficient (Wildman–Crippen LogP) is 6.55. The summed E-state index contributed by atoms with van der Waals surface area (Å²) in [5, 5.41) is 0.806. The molecule has 0 bridgehead atoms. The third kappa shape index (κ3) is 3.73. The molecule has 1 saturated heterocycles. The van der Waals surface area contributed by atoms with E-state index in [9.17, 15) is 0 Å². The molecule has 2 aliphatic rings. The molecule has 0 spiro atoms. The van der Waals surface area contributed by atoms with Crippen molar-refractivity contribution in [2.75, 3.05) is 13.2 Å². The molecule has 0 radical (unpaired) electrons. The highest BCUT2D eigenvalue weighted by atomic mass is 35.5. The van der Waals surface area contributed by atoms with Crippen LogP contribution < -0.4 is 0 Å². The molecule has 0 N–H and O–H groups in total. The second kappa shape index (κ2) is 8.16. The smallest absolute Gasteiger partial charge is 0.0978 e. The summed E-state index contributed by atoms with van der Waals surface area (Å²) in [4.78, 5) is 5.28. The summed E-state index contributed by atoms with van der Waals surface area (Å²) >= 11 is 8.32. The van der Waals surface area contributed by atoms with Crippen LogP contribution in [0.4, 0.5) is 0 Å². The van der Waals surface area contributed by atoms with Crippen molar-refractivity contribution in [2.45, 2.75) is 41.3 Å². The average Bonchev–Trinajstić information content (AvgIpc) is 2.91. The van der Waals surface area contributed by atoms with Crippen LogP contribution in [0.1, 0.15) is 35.8 Å². The zero-order chi connectivity index (χ0) is 19.8. The molecule has 5 rings (SSSR count). The Bertz CT molecular complexity index is 1010. The fourth-order valence-corrected chi connectivity index (χ4v) is 5.93. The topological polar surface area (TPSA) is 12.5 Å². The molecule has 0 unspecified atom stereocenters. The van der Waals surface area contributed by atoms with Gasteiger partial charge in [-0.15, -0.1) is 0 Å². The van der Waals surface area contributed by atoms with Crippen LogP contribution in [-0.2, 0) is 11.2 Å². The molecule has 0 aliphatic carbocycles. The number of hydrogen-bond donors (Lipinski definition) is 0. The summed E-state index contributed by atoms with van der Waals surface area (Å²) in [7, 11) is 0. The van der Waals surface area contributed by atoms with Crippen LogP contribution in [0.5, 0.6) is 0 Å². The molecule has 1 fully saturated rings. The van der Waals surface area contributed by atoms with Gasteiger partial charge in [0.15, 0.2) is 0 Å². The highest BCUT2D eigenvalue weighted by Crippen LogP contribution is 2.45. The summed E-state index contributed by atoms with van der Waals surface area (Å²) in [5.74, 6) is 0. The van der Waals surface area contributed by atoms with Crippen molar-refractivity contribution >= 4 is 23.4 Å². The van der Waals surface area contributed by atoms with Gasteiger partial charge in [-0.25, -0.2) is 0 Å². The largest absolute Gasteiger partial charge is 0.371 e. The third-order valence-corrected chi connectivity index (χ3v) is 7.52. The SMILES string of the molecule is C[C@H]1[C@@H](c2ccccc2)OCCN1[C@@H]1Cc2ccccc2Sc2ccc(Cl)cc21. The van der Waals surface area contributed by atoms with Gasteiger partial charge >= 0.3 is 0 Å². The van der Waals surface area contributed by atoms with Crippen molar-refractivity contribution in [3.05, 3.63) is 94.5 Å². The van der Waals surface area contributed by atoms with Crippen LogP contribution in [0.2, 0.25) is 5.02 Å². The third-order valence-electron chi connectivity index (χ3n) is 6.07. The fourth-order valence-electron chi connectivity index (χ4n) is 4.64. The number of fused-ring (bicyclic) bond motifs is 2. The van der Waals surface area contributed by atoms with Crippen LogP contribution in [0.3, 0.4) is 0 Å². The summed E-state index contributed by atoms with van der Waals surface area (Å²) in [6, 6.07) is 26.3. The first-order chi connectivity index (χ1) is 14.2. The number of morpholine rings is 1. The van der Waals surface area contributed by atoms with E-state index in [1.165, 1.54) is 26.5 Å². The molecule has 3 atom stereocenters. The highest BCUT2D eigenvalue weighted by molar-refractivity contribution is 7.99. The fraction of sp³-hybridized carbons (Fsp3) is 0.280. The number of halogens is 1. The van der Waals surface area contributed by atoms with Gasteiger partial charge in [-0.1, -0.05) is 71.9 Å². The summed E-state index contributed by atoms with van der Waals surface area (Å²) in [6.07, 6.45) is 1.07. The molecule has 2 aliphatic heterocycles. The minimum absolute atomic E-state index is 0.0822. The van der Waals surface area contributed by atoms with E-state index in [0.717, 1.165) is 24.6 Å². The van der Waals surface area contributed by atoms with Crippen LogP contribution in [0.15, 0.2) is 82.6 Å². The van der Waals surface area contributed by atoms with Crippen LogP contribution >= 0.6 is 23.4 Å². The second-order valence-electron chi connectivity index (χ2n) is 7.79. The Morgan fingerprint density at radius 1 is 0.966 bits per heavy atom. The molecular weight excluding hydrogens is 398 g/mol.